The predicted octanol–water partition coefficient (Wildman–Crippen LogP) is 3.25. The lowest BCUT2D eigenvalue weighted by Crippen LogP contribution is -2.49. The van der Waals surface area contributed by atoms with Gasteiger partial charge in [0.25, 0.3) is 0 Å². The maximum Gasteiger partial charge on any atom is 0.227 e. The number of carbonyl (C=O) groups is 1. The van der Waals surface area contributed by atoms with E-state index in [2.05, 4.69) is 4.90 Å². The van der Waals surface area contributed by atoms with Crippen LogP contribution in [0.25, 0.3) is 0 Å². The lowest BCUT2D eigenvalue weighted by molar-refractivity contribution is -0.130. The van der Waals surface area contributed by atoms with Crippen LogP contribution in [0.3, 0.4) is 0 Å². The number of nitrogens with zero attached hydrogens (tertiary/aromatic N) is 2. The molecule has 0 unspecified atom stereocenters. The quantitative estimate of drug-likeness (QED) is 0.805. The number of rotatable bonds is 5. The van der Waals surface area contributed by atoms with Gasteiger partial charge in [-0.1, -0.05) is 23.7 Å². The summed E-state index contributed by atoms with van der Waals surface area (Å²) in [4.78, 5) is 16.7. The second kappa shape index (κ2) is 8.32. The Morgan fingerprint density at radius 2 is 1.69 bits per heavy atom. The highest BCUT2D eigenvalue weighted by atomic mass is 35.5. The Balaban J connectivity index is 1.60. The summed E-state index contributed by atoms with van der Waals surface area (Å²) >= 11 is 5.90. The minimum atomic E-state index is 0.147. The fraction of sp³-hybridized carbons (Fsp3) is 0.350. The van der Waals surface area contributed by atoms with Gasteiger partial charge < -0.3 is 19.3 Å². The van der Waals surface area contributed by atoms with Gasteiger partial charge in [-0.15, -0.1) is 0 Å². The largest absolute Gasteiger partial charge is 0.497 e. The van der Waals surface area contributed by atoms with Gasteiger partial charge in [0, 0.05) is 37.3 Å². The van der Waals surface area contributed by atoms with E-state index in [9.17, 15) is 4.79 Å². The SMILES string of the molecule is COc1ccc(N2CCN(C(=O)Cc3ccc(Cl)cc3)CC2)c(OC)c1. The molecule has 3 rings (SSSR count). The molecule has 1 fully saturated rings. The summed E-state index contributed by atoms with van der Waals surface area (Å²) in [6, 6.07) is 13.2. The van der Waals surface area contributed by atoms with Crippen molar-refractivity contribution in [3.8, 4) is 11.5 Å². The molecular formula is C20H23ClN2O3. The summed E-state index contributed by atoms with van der Waals surface area (Å²) in [6.45, 7) is 2.94. The van der Waals surface area contributed by atoms with Gasteiger partial charge in [-0.3, -0.25) is 4.79 Å². The van der Waals surface area contributed by atoms with Gasteiger partial charge >= 0.3 is 0 Å². The standard InChI is InChI=1S/C20H23ClN2O3/c1-25-17-7-8-18(19(14-17)26-2)22-9-11-23(12-10-22)20(24)13-15-3-5-16(21)6-4-15/h3-8,14H,9-13H2,1-2H3. The van der Waals surface area contributed by atoms with Crippen molar-refractivity contribution in [3.05, 3.63) is 53.1 Å². The topological polar surface area (TPSA) is 42.0 Å². The van der Waals surface area contributed by atoms with Crippen LogP contribution in [0.15, 0.2) is 42.5 Å². The van der Waals surface area contributed by atoms with Crippen molar-refractivity contribution in [2.45, 2.75) is 6.42 Å². The van der Waals surface area contributed by atoms with Crippen LogP contribution in [0, 0.1) is 0 Å². The Kier molecular flexibility index (Phi) is 5.89. The van der Waals surface area contributed by atoms with E-state index in [-0.39, 0.29) is 5.91 Å². The van der Waals surface area contributed by atoms with Crippen LogP contribution in [0.1, 0.15) is 5.56 Å². The van der Waals surface area contributed by atoms with Gasteiger partial charge in [0.2, 0.25) is 5.91 Å². The minimum Gasteiger partial charge on any atom is -0.497 e. The van der Waals surface area contributed by atoms with Crippen molar-refractivity contribution in [1.29, 1.82) is 0 Å². The van der Waals surface area contributed by atoms with Crippen molar-refractivity contribution in [3.63, 3.8) is 0 Å². The van der Waals surface area contributed by atoms with Gasteiger partial charge in [-0.05, 0) is 29.8 Å². The van der Waals surface area contributed by atoms with Crippen molar-refractivity contribution >= 4 is 23.2 Å². The molecule has 0 bridgehead atoms. The molecule has 1 aliphatic heterocycles. The number of ether oxygens (including phenoxy) is 2. The van der Waals surface area contributed by atoms with Crippen LogP contribution in [0.2, 0.25) is 5.02 Å². The first-order valence-electron chi connectivity index (χ1n) is 8.60. The summed E-state index contributed by atoms with van der Waals surface area (Å²) in [6.07, 6.45) is 0.406. The molecule has 0 atom stereocenters. The zero-order valence-corrected chi connectivity index (χ0v) is 15.8. The molecule has 0 N–H and O–H groups in total. The molecule has 5 nitrogen and oxygen atoms in total. The van der Waals surface area contributed by atoms with E-state index in [4.69, 9.17) is 21.1 Å². The molecule has 1 aliphatic rings. The van der Waals surface area contributed by atoms with Gasteiger partial charge in [0.1, 0.15) is 11.5 Å². The van der Waals surface area contributed by atoms with Crippen LogP contribution in [-0.4, -0.2) is 51.2 Å². The maximum atomic E-state index is 12.5. The molecule has 2 aromatic carbocycles. The fourth-order valence-electron chi connectivity index (χ4n) is 3.13. The van der Waals surface area contributed by atoms with Crippen molar-refractivity contribution in [2.75, 3.05) is 45.3 Å². The van der Waals surface area contributed by atoms with Crippen molar-refractivity contribution < 1.29 is 14.3 Å². The third-order valence-electron chi connectivity index (χ3n) is 4.63. The van der Waals surface area contributed by atoms with E-state index >= 15 is 0 Å². The summed E-state index contributed by atoms with van der Waals surface area (Å²) in [5.41, 5.74) is 2.01. The highest BCUT2D eigenvalue weighted by Crippen LogP contribution is 2.32. The molecular weight excluding hydrogens is 352 g/mol. The molecule has 1 heterocycles. The average Bonchev–Trinajstić information content (AvgIpc) is 2.69. The molecule has 0 aromatic heterocycles. The first kappa shape index (κ1) is 18.4. The van der Waals surface area contributed by atoms with Crippen molar-refractivity contribution in [2.24, 2.45) is 0 Å². The lowest BCUT2D eigenvalue weighted by Gasteiger charge is -2.36. The highest BCUT2D eigenvalue weighted by Gasteiger charge is 2.23. The van der Waals surface area contributed by atoms with E-state index < -0.39 is 0 Å². The number of piperazine rings is 1. The third-order valence-corrected chi connectivity index (χ3v) is 4.88. The van der Waals surface area contributed by atoms with E-state index in [1.54, 1.807) is 14.2 Å². The van der Waals surface area contributed by atoms with Crippen LogP contribution in [-0.2, 0) is 11.2 Å². The normalized spacial score (nSPS) is 14.3. The summed E-state index contributed by atoms with van der Waals surface area (Å²) in [5.74, 6) is 1.70. The Morgan fingerprint density at radius 3 is 2.31 bits per heavy atom. The second-order valence-electron chi connectivity index (χ2n) is 6.21. The van der Waals surface area contributed by atoms with Gasteiger partial charge in [0.15, 0.2) is 0 Å². The summed E-state index contributed by atoms with van der Waals surface area (Å²) in [7, 11) is 3.30. The number of hydrogen-bond acceptors (Lipinski definition) is 4. The second-order valence-corrected chi connectivity index (χ2v) is 6.65. The Hall–Kier alpha value is -2.40. The van der Waals surface area contributed by atoms with Crippen molar-refractivity contribution in [1.82, 2.24) is 4.90 Å². The smallest absolute Gasteiger partial charge is 0.227 e. The molecule has 138 valence electrons. The van der Waals surface area contributed by atoms with E-state index in [0.717, 1.165) is 35.8 Å². The van der Waals surface area contributed by atoms with Crippen LogP contribution in [0.5, 0.6) is 11.5 Å². The first-order valence-corrected chi connectivity index (χ1v) is 8.97. The van der Waals surface area contributed by atoms with Gasteiger partial charge in [0.05, 0.1) is 26.3 Å². The van der Waals surface area contributed by atoms with E-state index in [0.29, 0.717) is 24.5 Å². The number of amides is 1. The van der Waals surface area contributed by atoms with E-state index in [1.807, 2.05) is 47.4 Å². The predicted molar refractivity (Wildman–Crippen MR) is 103 cm³/mol. The molecule has 0 spiro atoms. The number of methoxy groups -OCH3 is 2. The molecule has 6 heteroatoms. The highest BCUT2D eigenvalue weighted by molar-refractivity contribution is 6.30. The number of anilines is 1. The Morgan fingerprint density at radius 1 is 1.00 bits per heavy atom. The van der Waals surface area contributed by atoms with Gasteiger partial charge in [-0.2, -0.15) is 0 Å². The molecule has 0 aliphatic carbocycles. The lowest BCUT2D eigenvalue weighted by atomic mass is 10.1. The Bertz CT molecular complexity index is 756. The number of hydrogen-bond donors (Lipinski definition) is 0. The fourth-order valence-corrected chi connectivity index (χ4v) is 3.26. The summed E-state index contributed by atoms with van der Waals surface area (Å²) < 4.78 is 10.7. The van der Waals surface area contributed by atoms with Gasteiger partial charge in [-0.25, -0.2) is 0 Å². The Labute approximate surface area is 159 Å². The summed E-state index contributed by atoms with van der Waals surface area (Å²) in [5, 5.41) is 0.684. The zero-order valence-electron chi connectivity index (χ0n) is 15.1. The molecule has 2 aromatic rings. The molecule has 0 saturated carbocycles. The van der Waals surface area contributed by atoms with E-state index in [1.165, 1.54) is 0 Å². The van der Waals surface area contributed by atoms with Crippen LogP contribution >= 0.6 is 11.6 Å². The molecule has 1 amide bonds. The number of halogens is 1. The first-order chi connectivity index (χ1) is 12.6. The third kappa shape index (κ3) is 4.22. The average molecular weight is 375 g/mol. The monoisotopic (exact) mass is 374 g/mol. The zero-order chi connectivity index (χ0) is 18.5. The number of benzene rings is 2. The van der Waals surface area contributed by atoms with Crippen LogP contribution in [0.4, 0.5) is 5.69 Å². The molecule has 26 heavy (non-hydrogen) atoms. The molecule has 0 radical (unpaired) electrons. The maximum absolute atomic E-state index is 12.5. The minimum absolute atomic E-state index is 0.147. The van der Waals surface area contributed by atoms with Crippen LogP contribution < -0.4 is 14.4 Å². The molecule has 1 saturated heterocycles. The number of carbonyl (C=O) groups excluding carboxylic acids is 1.